The van der Waals surface area contributed by atoms with Crippen LogP contribution in [0.5, 0.6) is 0 Å². The van der Waals surface area contributed by atoms with Crippen molar-refractivity contribution < 1.29 is 51.6 Å². The van der Waals surface area contributed by atoms with Crippen molar-refractivity contribution in [2.45, 2.75) is 216 Å². The molecule has 3 rings (SSSR count). The number of rotatable bonds is 26. The fourth-order valence-electron chi connectivity index (χ4n) is 8.72. The van der Waals surface area contributed by atoms with Gasteiger partial charge in [-0.2, -0.15) is 47.9 Å². The Hall–Kier alpha value is -2.71. The number of alkyl halides is 9. The maximum Gasteiger partial charge on any atom is 0.460 e. The molecule has 0 bridgehead atoms. The second kappa shape index (κ2) is 22.7. The molecule has 3 aromatic carbocycles. The summed E-state index contributed by atoms with van der Waals surface area (Å²) in [6, 6.07) is 11.2. The van der Waals surface area contributed by atoms with Gasteiger partial charge in [-0.3, -0.25) is 0 Å². The minimum atomic E-state index is -7.49. The van der Waals surface area contributed by atoms with Gasteiger partial charge in [0.25, 0.3) is 0 Å². The van der Waals surface area contributed by atoms with E-state index in [-0.39, 0.29) is 53.2 Å². The molecule has 358 valence electrons. The second-order valence-corrected chi connectivity index (χ2v) is 21.0. The summed E-state index contributed by atoms with van der Waals surface area (Å²) in [5, 5.41) is -7.08. The maximum absolute atomic E-state index is 16.6. The molecule has 0 aromatic heterocycles. The van der Waals surface area contributed by atoms with Gasteiger partial charge in [0, 0.05) is 14.7 Å². The van der Waals surface area contributed by atoms with Crippen LogP contribution in [-0.2, 0) is 71.5 Å². The van der Waals surface area contributed by atoms with Crippen molar-refractivity contribution >= 4 is 20.4 Å². The molecule has 0 unspecified atom stereocenters. The molecule has 0 aliphatic rings. The van der Waals surface area contributed by atoms with Crippen LogP contribution in [0, 0.1) is 0 Å². The Morgan fingerprint density at radius 1 is 0.381 bits per heavy atom. The van der Waals surface area contributed by atoms with Crippen LogP contribution in [0.1, 0.15) is 170 Å². The highest BCUT2D eigenvalue weighted by atomic mass is 32.3. The molecule has 3 nitrogen and oxygen atoms in total. The third-order valence-corrected chi connectivity index (χ3v) is 16.8. The van der Waals surface area contributed by atoms with Crippen LogP contribution >= 0.6 is 10.3 Å². The van der Waals surface area contributed by atoms with E-state index in [1.165, 1.54) is 0 Å². The Bertz CT molecular complexity index is 1830. The Morgan fingerprint density at radius 2 is 0.603 bits per heavy atom. The van der Waals surface area contributed by atoms with Crippen molar-refractivity contribution in [3.8, 4) is 0 Å². The average Bonchev–Trinajstić information content (AvgIpc) is 3.18. The third-order valence-electron chi connectivity index (χ3n) is 11.1. The molecule has 0 amide bonds. The number of aryl methyl sites for hydroxylation is 9. The van der Waals surface area contributed by atoms with E-state index in [9.17, 15) is 30.4 Å². The summed E-state index contributed by atoms with van der Waals surface area (Å²) in [4.78, 5) is 0.603. The predicted molar refractivity (Wildman–Crippen MR) is 239 cm³/mol. The van der Waals surface area contributed by atoms with E-state index in [4.69, 9.17) is 3.63 Å². The first-order chi connectivity index (χ1) is 29.5. The molecular formula is C49H69F9O3S2. The molecule has 0 spiro atoms. The Labute approximate surface area is 373 Å². The Kier molecular flexibility index (Phi) is 19.6. The molecule has 0 saturated carbocycles. The van der Waals surface area contributed by atoms with Gasteiger partial charge < -0.3 is 0 Å². The first-order valence-corrected chi connectivity index (χ1v) is 25.9. The predicted octanol–water partition coefficient (Wildman–Crippen LogP) is 16.2. The molecule has 3 aromatic rings. The molecule has 63 heavy (non-hydrogen) atoms. The van der Waals surface area contributed by atoms with Gasteiger partial charge in [-0.05, 0) is 118 Å². The smallest absolute Gasteiger partial charge is 0.202 e. The normalized spacial score (nSPS) is 13.6. The van der Waals surface area contributed by atoms with Gasteiger partial charge in [-0.15, -0.1) is 0 Å². The highest BCUT2D eigenvalue weighted by Crippen LogP contribution is 2.76. The van der Waals surface area contributed by atoms with Crippen LogP contribution in [-0.4, -0.2) is 31.7 Å². The summed E-state index contributed by atoms with van der Waals surface area (Å²) in [6.07, 6.45) is 1.10. The molecule has 0 aliphatic carbocycles. The van der Waals surface area contributed by atoms with Gasteiger partial charge in [0.15, 0.2) is 0 Å². The molecule has 0 atom stereocenters. The van der Waals surface area contributed by atoms with Crippen LogP contribution in [0.4, 0.5) is 39.5 Å². The average molecular weight is 941 g/mol. The SMILES string of the molecule is CCCc1cc(CCC)c(S(OS(=O)(=O)C(F)(F)C(F)(F)C(F)(F)C(F)(F)F)(c2c(CCC)cc(CCC)cc2CCC)c2c(CCC)cc(CCC)cc2CCC)c(CCC)c1. The van der Waals surface area contributed by atoms with Gasteiger partial charge in [0.05, 0.1) is 0 Å². The Morgan fingerprint density at radius 3 is 0.794 bits per heavy atom. The standard InChI is InChI=1S/C49H69F9O3S2/c1-10-19-34-28-37(22-13-4)43(38(29-34)23-14-5)62(44-39(24-15-6)30-35(20-11-2)31-40(44)25-16-7,45-41(26-17-8)32-36(21-12-3)33-42(45)27-18-9)61-63(59,60)49(57,58)47(52,53)46(50,51)48(54,55)56/h28-33H,10-27H2,1-9H3. The lowest BCUT2D eigenvalue weighted by molar-refractivity contribution is -0.382. The van der Waals surface area contributed by atoms with Crippen molar-refractivity contribution in [1.29, 1.82) is 0 Å². The summed E-state index contributed by atoms with van der Waals surface area (Å²) in [5.74, 6) is -15.0. The number of halogens is 9. The van der Waals surface area contributed by atoms with Crippen LogP contribution in [0.25, 0.3) is 0 Å². The van der Waals surface area contributed by atoms with Crippen molar-refractivity contribution in [1.82, 2.24) is 0 Å². The van der Waals surface area contributed by atoms with Crippen LogP contribution in [0.2, 0.25) is 0 Å². The van der Waals surface area contributed by atoms with Crippen LogP contribution in [0.3, 0.4) is 0 Å². The van der Waals surface area contributed by atoms with E-state index >= 15 is 17.6 Å². The van der Waals surface area contributed by atoms with E-state index in [1.54, 1.807) is 0 Å². The molecular weight excluding hydrogens is 872 g/mol. The maximum atomic E-state index is 16.6. The largest absolute Gasteiger partial charge is 0.460 e. The molecule has 0 fully saturated rings. The Balaban J connectivity index is 3.07. The summed E-state index contributed by atoms with van der Waals surface area (Å²) >= 11 is 0. The van der Waals surface area contributed by atoms with E-state index in [0.717, 1.165) is 16.7 Å². The summed E-state index contributed by atoms with van der Waals surface area (Å²) in [7, 11) is -11.8. The fraction of sp³-hybridized carbons (Fsp3) is 0.633. The fourth-order valence-corrected chi connectivity index (χ4v) is 15.2. The van der Waals surface area contributed by atoms with Gasteiger partial charge >= 0.3 is 33.4 Å². The van der Waals surface area contributed by atoms with E-state index in [2.05, 4.69) is 0 Å². The zero-order valence-corrected chi connectivity index (χ0v) is 40.3. The van der Waals surface area contributed by atoms with Gasteiger partial charge in [-0.25, -0.2) is 3.63 Å². The van der Waals surface area contributed by atoms with Crippen LogP contribution < -0.4 is 0 Å². The quantitative estimate of drug-likeness (QED) is 0.0753. The third kappa shape index (κ3) is 11.1. The van der Waals surface area contributed by atoms with Crippen molar-refractivity contribution in [2.24, 2.45) is 0 Å². The van der Waals surface area contributed by atoms with Crippen molar-refractivity contribution in [3.63, 3.8) is 0 Å². The molecule has 0 saturated heterocycles. The first kappa shape index (κ1) is 54.6. The van der Waals surface area contributed by atoms with E-state index in [0.29, 0.717) is 110 Å². The lowest BCUT2D eigenvalue weighted by Gasteiger charge is -2.47. The van der Waals surface area contributed by atoms with E-state index < -0.39 is 43.7 Å². The number of hydrogen-bond acceptors (Lipinski definition) is 3. The topological polar surface area (TPSA) is 43.4 Å². The minimum absolute atomic E-state index is 0.201. The van der Waals surface area contributed by atoms with Crippen molar-refractivity contribution in [3.05, 3.63) is 86.5 Å². The highest BCUT2D eigenvalue weighted by Gasteiger charge is 2.86. The van der Waals surface area contributed by atoms with Gasteiger partial charge in [0.1, 0.15) is 0 Å². The van der Waals surface area contributed by atoms with Gasteiger partial charge in [-0.1, -0.05) is 156 Å². The lowest BCUT2D eigenvalue weighted by Crippen LogP contribution is -2.63. The van der Waals surface area contributed by atoms with Crippen molar-refractivity contribution in [2.75, 3.05) is 0 Å². The summed E-state index contributed by atoms with van der Waals surface area (Å²) < 4.78 is 171. The van der Waals surface area contributed by atoms with Crippen LogP contribution in [0.15, 0.2) is 51.1 Å². The number of hydrogen-bond donors (Lipinski definition) is 0. The number of benzene rings is 3. The summed E-state index contributed by atoms with van der Waals surface area (Å²) in [6.45, 7) is 17.2. The molecule has 0 N–H and O–H groups in total. The highest BCUT2D eigenvalue weighted by molar-refractivity contribution is 8.33. The minimum Gasteiger partial charge on any atom is -0.202 e. The summed E-state index contributed by atoms with van der Waals surface area (Å²) in [5.41, 5.74) is 5.76. The monoisotopic (exact) mass is 940 g/mol. The zero-order valence-electron chi connectivity index (χ0n) is 38.6. The zero-order chi connectivity index (χ0) is 47.6. The molecule has 0 heterocycles. The second-order valence-electron chi connectivity index (χ2n) is 16.7. The first-order valence-electron chi connectivity index (χ1n) is 22.9. The molecule has 14 heteroatoms. The lowest BCUT2D eigenvalue weighted by atomic mass is 9.97. The molecule has 0 aliphatic heterocycles. The van der Waals surface area contributed by atoms with Gasteiger partial charge in [0.2, 0.25) is 0 Å². The van der Waals surface area contributed by atoms with E-state index in [1.807, 2.05) is 98.7 Å². The molecule has 0 radical (unpaired) electrons.